The summed E-state index contributed by atoms with van der Waals surface area (Å²) in [5.41, 5.74) is 2.94. The number of benzene rings is 1. The van der Waals surface area contributed by atoms with E-state index in [-0.39, 0.29) is 30.1 Å². The Bertz CT molecular complexity index is 1040. The maximum atomic E-state index is 12.9. The number of anilines is 1. The van der Waals surface area contributed by atoms with Gasteiger partial charge in [-0.05, 0) is 30.5 Å². The summed E-state index contributed by atoms with van der Waals surface area (Å²) in [6.45, 7) is 3.55. The number of aryl methyl sites for hydroxylation is 1. The summed E-state index contributed by atoms with van der Waals surface area (Å²) in [6, 6.07) is 9.77. The molecule has 8 heteroatoms. The van der Waals surface area contributed by atoms with Gasteiger partial charge in [-0.2, -0.15) is 16.3 Å². The Kier molecular flexibility index (Phi) is 4.43. The molecule has 2 fully saturated rings. The lowest BCUT2D eigenvalue weighted by molar-refractivity contribution is -0.140. The van der Waals surface area contributed by atoms with Crippen molar-refractivity contribution >= 4 is 28.8 Å². The van der Waals surface area contributed by atoms with Gasteiger partial charge in [0.05, 0.1) is 11.8 Å². The molecule has 2 aromatic heterocycles. The average molecular weight is 408 g/mol. The highest BCUT2D eigenvalue weighted by Crippen LogP contribution is 2.32. The lowest BCUT2D eigenvalue weighted by atomic mass is 9.96. The molecular formula is C21H20N4O3S. The summed E-state index contributed by atoms with van der Waals surface area (Å²) < 4.78 is 5.39. The van der Waals surface area contributed by atoms with E-state index in [1.165, 1.54) is 0 Å². The number of amides is 2. The molecule has 4 heterocycles. The molecule has 0 aliphatic carbocycles. The Hall–Kier alpha value is -3.00. The molecular weight excluding hydrogens is 388 g/mol. The van der Waals surface area contributed by atoms with Crippen LogP contribution in [0, 0.1) is 12.8 Å². The SMILES string of the molecule is Cc1ccc(N2CC(C(=O)N3CC(c4nc(-c5ccsc5)no4)C3)CC2=O)cc1. The maximum absolute atomic E-state index is 12.9. The van der Waals surface area contributed by atoms with Crippen molar-refractivity contribution < 1.29 is 14.1 Å². The van der Waals surface area contributed by atoms with E-state index < -0.39 is 0 Å². The van der Waals surface area contributed by atoms with Crippen molar-refractivity contribution in [2.45, 2.75) is 19.3 Å². The Morgan fingerprint density at radius 2 is 1.97 bits per heavy atom. The zero-order valence-electron chi connectivity index (χ0n) is 15.9. The minimum Gasteiger partial charge on any atom is -0.341 e. The topological polar surface area (TPSA) is 79.5 Å². The maximum Gasteiger partial charge on any atom is 0.233 e. The lowest BCUT2D eigenvalue weighted by Crippen LogP contribution is -2.51. The van der Waals surface area contributed by atoms with E-state index in [2.05, 4.69) is 10.1 Å². The molecule has 148 valence electrons. The minimum absolute atomic E-state index is 0.00147. The molecule has 1 unspecified atom stereocenters. The van der Waals surface area contributed by atoms with Gasteiger partial charge in [-0.25, -0.2) is 0 Å². The number of carbonyl (C=O) groups is 2. The Balaban J connectivity index is 1.20. The van der Waals surface area contributed by atoms with Gasteiger partial charge in [0, 0.05) is 42.7 Å². The second-order valence-electron chi connectivity index (χ2n) is 7.65. The molecule has 2 aliphatic rings. The molecule has 29 heavy (non-hydrogen) atoms. The number of nitrogens with zero attached hydrogens (tertiary/aromatic N) is 4. The van der Waals surface area contributed by atoms with Gasteiger partial charge in [0.2, 0.25) is 23.5 Å². The van der Waals surface area contributed by atoms with Crippen LogP contribution in [0.1, 0.15) is 23.8 Å². The summed E-state index contributed by atoms with van der Waals surface area (Å²) in [5.74, 6) is 0.946. The van der Waals surface area contributed by atoms with Crippen LogP contribution < -0.4 is 4.90 Å². The van der Waals surface area contributed by atoms with E-state index in [1.807, 2.05) is 48.0 Å². The second-order valence-corrected chi connectivity index (χ2v) is 8.43. The van der Waals surface area contributed by atoms with Gasteiger partial charge in [-0.15, -0.1) is 0 Å². The van der Waals surface area contributed by atoms with Crippen LogP contribution in [0.25, 0.3) is 11.4 Å². The number of hydrogen-bond donors (Lipinski definition) is 0. The molecule has 0 saturated carbocycles. The van der Waals surface area contributed by atoms with E-state index in [0.29, 0.717) is 31.3 Å². The molecule has 2 amide bonds. The van der Waals surface area contributed by atoms with Crippen LogP contribution in [0.15, 0.2) is 45.6 Å². The molecule has 1 atom stereocenters. The van der Waals surface area contributed by atoms with Crippen LogP contribution in [0.2, 0.25) is 0 Å². The van der Waals surface area contributed by atoms with Crippen molar-refractivity contribution in [3.8, 4) is 11.4 Å². The van der Waals surface area contributed by atoms with Crippen molar-refractivity contribution in [1.82, 2.24) is 15.0 Å². The third-order valence-corrected chi connectivity index (χ3v) is 6.27. The van der Waals surface area contributed by atoms with E-state index in [0.717, 1.165) is 16.8 Å². The van der Waals surface area contributed by atoms with Crippen molar-refractivity contribution in [3.63, 3.8) is 0 Å². The zero-order chi connectivity index (χ0) is 20.0. The van der Waals surface area contributed by atoms with Crippen LogP contribution in [0.5, 0.6) is 0 Å². The van der Waals surface area contributed by atoms with Gasteiger partial charge in [-0.3, -0.25) is 9.59 Å². The molecule has 0 bridgehead atoms. The fourth-order valence-corrected chi connectivity index (χ4v) is 4.46. The van der Waals surface area contributed by atoms with E-state index >= 15 is 0 Å². The van der Waals surface area contributed by atoms with Gasteiger partial charge >= 0.3 is 0 Å². The summed E-state index contributed by atoms with van der Waals surface area (Å²) in [4.78, 5) is 33.2. The largest absolute Gasteiger partial charge is 0.341 e. The van der Waals surface area contributed by atoms with Crippen LogP contribution >= 0.6 is 11.3 Å². The first-order valence-corrected chi connectivity index (χ1v) is 10.5. The van der Waals surface area contributed by atoms with Crippen molar-refractivity contribution in [1.29, 1.82) is 0 Å². The van der Waals surface area contributed by atoms with Crippen LogP contribution in [0.3, 0.4) is 0 Å². The summed E-state index contributed by atoms with van der Waals surface area (Å²) in [7, 11) is 0. The highest BCUT2D eigenvalue weighted by atomic mass is 32.1. The average Bonchev–Trinajstić information content (AvgIpc) is 3.41. The van der Waals surface area contributed by atoms with Gasteiger partial charge in [0.15, 0.2) is 0 Å². The fraction of sp³-hybridized carbons (Fsp3) is 0.333. The summed E-state index contributed by atoms with van der Waals surface area (Å²) in [6.07, 6.45) is 0.261. The number of carbonyl (C=O) groups excluding carboxylic acids is 2. The van der Waals surface area contributed by atoms with Crippen molar-refractivity contribution in [2.75, 3.05) is 24.5 Å². The highest BCUT2D eigenvalue weighted by Gasteiger charge is 2.42. The number of aromatic nitrogens is 2. The number of thiophene rings is 1. The third-order valence-electron chi connectivity index (χ3n) is 5.58. The van der Waals surface area contributed by atoms with Gasteiger partial charge in [0.25, 0.3) is 0 Å². The predicted octanol–water partition coefficient (Wildman–Crippen LogP) is 3.09. The summed E-state index contributed by atoms with van der Waals surface area (Å²) >= 11 is 1.58. The first-order chi connectivity index (χ1) is 14.1. The minimum atomic E-state index is -0.297. The van der Waals surface area contributed by atoms with Crippen LogP contribution in [-0.4, -0.2) is 46.5 Å². The molecule has 5 rings (SSSR count). The molecule has 3 aromatic rings. The quantitative estimate of drug-likeness (QED) is 0.663. The highest BCUT2D eigenvalue weighted by molar-refractivity contribution is 7.08. The van der Waals surface area contributed by atoms with Crippen molar-refractivity contribution in [2.24, 2.45) is 5.92 Å². The van der Waals surface area contributed by atoms with E-state index in [4.69, 9.17) is 4.52 Å². The zero-order valence-corrected chi connectivity index (χ0v) is 16.8. The van der Waals surface area contributed by atoms with Crippen LogP contribution in [0.4, 0.5) is 5.69 Å². The van der Waals surface area contributed by atoms with E-state index in [9.17, 15) is 9.59 Å². The Morgan fingerprint density at radius 1 is 1.17 bits per heavy atom. The normalized spacial score (nSPS) is 19.6. The molecule has 7 nitrogen and oxygen atoms in total. The Labute approximate surface area is 171 Å². The van der Waals surface area contributed by atoms with E-state index in [1.54, 1.807) is 21.1 Å². The smallest absolute Gasteiger partial charge is 0.233 e. The first kappa shape index (κ1) is 18.1. The molecule has 0 radical (unpaired) electrons. The third kappa shape index (κ3) is 3.33. The predicted molar refractivity (Wildman–Crippen MR) is 109 cm³/mol. The monoisotopic (exact) mass is 408 g/mol. The number of rotatable bonds is 4. The molecule has 2 saturated heterocycles. The van der Waals surface area contributed by atoms with Crippen LogP contribution in [-0.2, 0) is 9.59 Å². The molecule has 0 spiro atoms. The van der Waals surface area contributed by atoms with Gasteiger partial charge < -0.3 is 14.3 Å². The number of likely N-dealkylation sites (tertiary alicyclic amines) is 1. The van der Waals surface area contributed by atoms with Gasteiger partial charge in [-0.1, -0.05) is 22.9 Å². The first-order valence-electron chi connectivity index (χ1n) is 9.60. The lowest BCUT2D eigenvalue weighted by Gasteiger charge is -2.38. The molecule has 2 aliphatic heterocycles. The second kappa shape index (κ2) is 7.11. The fourth-order valence-electron chi connectivity index (χ4n) is 3.83. The number of hydrogen-bond acceptors (Lipinski definition) is 6. The Morgan fingerprint density at radius 3 is 2.69 bits per heavy atom. The van der Waals surface area contributed by atoms with Crippen molar-refractivity contribution in [3.05, 3.63) is 52.5 Å². The summed E-state index contributed by atoms with van der Waals surface area (Å²) in [5, 5.41) is 7.98. The standard InChI is InChI=1S/C21H20N4O3S/c1-13-2-4-17(5-3-13)25-11-15(8-18(25)26)21(27)24-9-16(10-24)20-22-19(23-28-20)14-6-7-29-12-14/h2-7,12,15-16H,8-11H2,1H3. The molecule has 0 N–H and O–H groups in total. The molecule has 1 aromatic carbocycles. The van der Waals surface area contributed by atoms with Gasteiger partial charge in [0.1, 0.15) is 0 Å².